The van der Waals surface area contributed by atoms with Crippen molar-refractivity contribution in [1.29, 1.82) is 0 Å². The molecule has 3 rings (SSSR count). The lowest BCUT2D eigenvalue weighted by Crippen LogP contribution is -2.16. The second-order valence-corrected chi connectivity index (χ2v) is 7.64. The molecule has 0 saturated carbocycles. The molecular weight excluding hydrogens is 312 g/mol. The normalized spacial score (nSPS) is 16.2. The summed E-state index contributed by atoms with van der Waals surface area (Å²) in [4.78, 5) is 10.0. The summed E-state index contributed by atoms with van der Waals surface area (Å²) in [5.41, 5.74) is 1.77. The Balaban J connectivity index is 0.000000188. The Bertz CT molecular complexity index is 540. The molecule has 22 heavy (non-hydrogen) atoms. The number of benzene rings is 2. The molecule has 1 N–H and O–H groups in total. The third-order valence-electron chi connectivity index (χ3n) is 3.19. The molecule has 0 aliphatic carbocycles. The number of hydrogen-bond acceptors (Lipinski definition) is 4. The fraction of sp³-hybridized carbons (Fsp3) is 0.278. The molecule has 1 heterocycles. The maximum Gasteiger partial charge on any atom is 0.150 e. The number of carbonyl (C=O) groups excluding carboxylic acids is 1. The predicted octanol–water partition coefficient (Wildman–Crippen LogP) is 4.42. The number of rotatable bonds is 3. The molecule has 2 aromatic carbocycles. The quantitative estimate of drug-likeness (QED) is 0.845. The molecule has 0 amide bonds. The summed E-state index contributed by atoms with van der Waals surface area (Å²) in [6, 6.07) is 19.0. The Morgan fingerprint density at radius 1 is 0.955 bits per heavy atom. The standard InChI is InChI=1S/C11H14OS2.C7H6O/c12-10(9-5-2-1-3-6-9)11-13-7-4-8-14-11;8-6-7-4-2-1-3-5-7/h1-3,5-6,10-12H,4,7-8H2;1-6H. The first kappa shape index (κ1) is 17.1. The van der Waals surface area contributed by atoms with Crippen molar-refractivity contribution in [1.82, 2.24) is 0 Å². The summed E-state index contributed by atoms with van der Waals surface area (Å²) in [6.07, 6.45) is 1.79. The van der Waals surface area contributed by atoms with Crippen LogP contribution in [0.2, 0.25) is 0 Å². The summed E-state index contributed by atoms with van der Waals surface area (Å²) < 4.78 is 0.325. The van der Waals surface area contributed by atoms with Gasteiger partial charge in [-0.25, -0.2) is 0 Å². The molecule has 2 nitrogen and oxygen atoms in total. The van der Waals surface area contributed by atoms with Crippen LogP contribution in [0.25, 0.3) is 0 Å². The zero-order valence-corrected chi connectivity index (χ0v) is 13.9. The Kier molecular flexibility index (Phi) is 7.57. The monoisotopic (exact) mass is 332 g/mol. The topological polar surface area (TPSA) is 37.3 Å². The van der Waals surface area contributed by atoms with Crippen LogP contribution in [0, 0.1) is 0 Å². The molecule has 0 radical (unpaired) electrons. The smallest absolute Gasteiger partial charge is 0.150 e. The van der Waals surface area contributed by atoms with Crippen LogP contribution in [0.1, 0.15) is 28.4 Å². The van der Waals surface area contributed by atoms with E-state index in [2.05, 4.69) is 0 Å². The van der Waals surface area contributed by atoms with Gasteiger partial charge in [-0.2, -0.15) is 0 Å². The van der Waals surface area contributed by atoms with Gasteiger partial charge in [0, 0.05) is 5.56 Å². The van der Waals surface area contributed by atoms with Crippen molar-refractivity contribution in [3.05, 3.63) is 71.8 Å². The van der Waals surface area contributed by atoms with Crippen molar-refractivity contribution >= 4 is 29.8 Å². The van der Waals surface area contributed by atoms with E-state index in [0.29, 0.717) is 4.58 Å². The summed E-state index contributed by atoms with van der Waals surface area (Å²) in [6.45, 7) is 0. The fourth-order valence-electron chi connectivity index (χ4n) is 2.03. The summed E-state index contributed by atoms with van der Waals surface area (Å²) in [5.74, 6) is 2.36. The molecule has 1 aliphatic heterocycles. The minimum Gasteiger partial charge on any atom is -0.386 e. The first-order valence-electron chi connectivity index (χ1n) is 7.27. The predicted molar refractivity (Wildman–Crippen MR) is 96.6 cm³/mol. The van der Waals surface area contributed by atoms with Crippen LogP contribution < -0.4 is 0 Å². The average molecular weight is 332 g/mol. The number of thioether (sulfide) groups is 2. The van der Waals surface area contributed by atoms with E-state index in [1.165, 1.54) is 17.9 Å². The van der Waals surface area contributed by atoms with Gasteiger partial charge in [0.2, 0.25) is 0 Å². The highest BCUT2D eigenvalue weighted by Crippen LogP contribution is 2.38. The number of aliphatic hydroxyl groups excluding tert-OH is 1. The van der Waals surface area contributed by atoms with E-state index >= 15 is 0 Å². The van der Waals surface area contributed by atoms with Crippen molar-refractivity contribution in [3.63, 3.8) is 0 Å². The average Bonchev–Trinajstić information content (AvgIpc) is 2.64. The lowest BCUT2D eigenvalue weighted by molar-refractivity contribution is 0.112. The van der Waals surface area contributed by atoms with E-state index < -0.39 is 0 Å². The van der Waals surface area contributed by atoms with Gasteiger partial charge < -0.3 is 5.11 Å². The van der Waals surface area contributed by atoms with Gasteiger partial charge in [-0.15, -0.1) is 23.5 Å². The van der Waals surface area contributed by atoms with Crippen LogP contribution >= 0.6 is 23.5 Å². The molecule has 1 aliphatic rings. The Hall–Kier alpha value is -1.23. The van der Waals surface area contributed by atoms with Crippen molar-refractivity contribution < 1.29 is 9.90 Å². The maximum atomic E-state index is 10.1. The highest BCUT2D eigenvalue weighted by Gasteiger charge is 2.23. The second-order valence-electron chi connectivity index (χ2n) is 4.85. The van der Waals surface area contributed by atoms with E-state index in [-0.39, 0.29) is 6.10 Å². The highest BCUT2D eigenvalue weighted by atomic mass is 32.2. The van der Waals surface area contributed by atoms with E-state index in [0.717, 1.165) is 17.4 Å². The van der Waals surface area contributed by atoms with Crippen molar-refractivity contribution in [2.75, 3.05) is 11.5 Å². The van der Waals surface area contributed by atoms with Crippen LogP contribution in [0.4, 0.5) is 0 Å². The molecule has 1 unspecified atom stereocenters. The largest absolute Gasteiger partial charge is 0.386 e. The molecule has 0 aromatic heterocycles. The molecule has 0 bridgehead atoms. The van der Waals surface area contributed by atoms with Crippen LogP contribution in [0.15, 0.2) is 60.7 Å². The van der Waals surface area contributed by atoms with Gasteiger partial charge in [-0.3, -0.25) is 4.79 Å². The molecule has 1 atom stereocenters. The first-order chi connectivity index (χ1) is 10.8. The molecule has 2 aromatic rings. The van der Waals surface area contributed by atoms with Gasteiger partial charge in [0.1, 0.15) is 6.29 Å². The number of aliphatic hydroxyl groups is 1. The van der Waals surface area contributed by atoms with Crippen molar-refractivity contribution in [3.8, 4) is 0 Å². The SMILES string of the molecule is O=Cc1ccccc1.OC(c1ccccc1)C1SCCCS1. The van der Waals surface area contributed by atoms with E-state index in [1.807, 2.05) is 72.1 Å². The van der Waals surface area contributed by atoms with Crippen LogP contribution in [-0.4, -0.2) is 27.5 Å². The summed E-state index contributed by atoms with van der Waals surface area (Å²) in [5, 5.41) is 10.1. The van der Waals surface area contributed by atoms with Crippen LogP contribution in [-0.2, 0) is 0 Å². The maximum absolute atomic E-state index is 10.1. The molecule has 0 spiro atoms. The molecule has 1 fully saturated rings. The lowest BCUT2D eigenvalue weighted by atomic mass is 10.1. The summed E-state index contributed by atoms with van der Waals surface area (Å²) >= 11 is 3.76. The van der Waals surface area contributed by atoms with Crippen molar-refractivity contribution in [2.45, 2.75) is 17.1 Å². The number of aldehydes is 1. The molecule has 1 saturated heterocycles. The van der Waals surface area contributed by atoms with Crippen LogP contribution in [0.3, 0.4) is 0 Å². The fourth-order valence-corrected chi connectivity index (χ4v) is 4.94. The number of hydrogen-bond donors (Lipinski definition) is 1. The van der Waals surface area contributed by atoms with E-state index in [1.54, 1.807) is 12.1 Å². The van der Waals surface area contributed by atoms with Gasteiger partial charge in [0.15, 0.2) is 0 Å². The Morgan fingerprint density at radius 2 is 1.50 bits per heavy atom. The van der Waals surface area contributed by atoms with E-state index in [9.17, 15) is 9.90 Å². The zero-order valence-electron chi connectivity index (χ0n) is 12.3. The van der Waals surface area contributed by atoms with Gasteiger partial charge >= 0.3 is 0 Å². The Labute approximate surface area is 140 Å². The molecule has 4 heteroatoms. The Morgan fingerprint density at radius 3 is 2.00 bits per heavy atom. The second kappa shape index (κ2) is 9.72. The lowest BCUT2D eigenvalue weighted by Gasteiger charge is -2.25. The van der Waals surface area contributed by atoms with Gasteiger partial charge in [-0.05, 0) is 23.5 Å². The minimum atomic E-state index is -0.313. The highest BCUT2D eigenvalue weighted by molar-refractivity contribution is 8.17. The van der Waals surface area contributed by atoms with Crippen molar-refractivity contribution in [2.24, 2.45) is 0 Å². The molecular formula is C18H20O2S2. The molecule has 116 valence electrons. The van der Waals surface area contributed by atoms with Gasteiger partial charge in [0.25, 0.3) is 0 Å². The first-order valence-corrected chi connectivity index (χ1v) is 9.37. The minimum absolute atomic E-state index is 0.313. The number of carbonyl (C=O) groups is 1. The van der Waals surface area contributed by atoms with Gasteiger partial charge in [-0.1, -0.05) is 60.7 Å². The van der Waals surface area contributed by atoms with E-state index in [4.69, 9.17) is 0 Å². The van der Waals surface area contributed by atoms with Gasteiger partial charge in [0.05, 0.1) is 10.7 Å². The third kappa shape index (κ3) is 5.52. The zero-order chi connectivity index (χ0) is 15.6. The third-order valence-corrected chi connectivity index (χ3v) is 6.23. The van der Waals surface area contributed by atoms with Crippen LogP contribution in [0.5, 0.6) is 0 Å². The summed E-state index contributed by atoms with van der Waals surface area (Å²) in [7, 11) is 0.